The molecule has 0 aliphatic rings. The van der Waals surface area contributed by atoms with Gasteiger partial charge in [0.2, 0.25) is 0 Å². The largest absolute Gasteiger partial charge is 1.00 e. The number of hydrogen-bond donors (Lipinski definition) is 0. The molecule has 0 heterocycles. The smallest absolute Gasteiger partial charge is 0.0782 e. The highest BCUT2D eigenvalue weighted by molar-refractivity contribution is 4.52. The molecule has 1 nitrogen and oxygen atoms in total. The van der Waals surface area contributed by atoms with Crippen LogP contribution in [0.4, 0.5) is 0 Å². The minimum atomic E-state index is 0. The maximum Gasteiger partial charge on any atom is 0.0782 e. The summed E-state index contributed by atoms with van der Waals surface area (Å²) < 4.78 is 1.25. The molecule has 0 aliphatic carbocycles. The molecular weight excluding hydrogens is 574 g/mol. The van der Waals surface area contributed by atoms with Crippen LogP contribution in [0.5, 0.6) is 0 Å². The van der Waals surface area contributed by atoms with Gasteiger partial charge < -0.3 is 21.5 Å². The molecule has 0 saturated carbocycles. The zero-order valence-corrected chi connectivity index (χ0v) is 31.9. The van der Waals surface area contributed by atoms with Crippen LogP contribution in [0.3, 0.4) is 0 Å². The molecule has 0 bridgehead atoms. The summed E-state index contributed by atoms with van der Waals surface area (Å²) in [6, 6.07) is 0. The van der Waals surface area contributed by atoms with Crippen LogP contribution >= 0.6 is 0 Å². The number of quaternary nitrogens is 1. The monoisotopic (exact) mass is 658 g/mol. The lowest BCUT2D eigenvalue weighted by Crippen LogP contribution is -3.00. The Balaban J connectivity index is 0. The van der Waals surface area contributed by atoms with E-state index in [0.29, 0.717) is 0 Å². The van der Waals surface area contributed by atoms with Gasteiger partial charge >= 0.3 is 0 Å². The van der Waals surface area contributed by atoms with Crippen LogP contribution in [0.25, 0.3) is 0 Å². The summed E-state index contributed by atoms with van der Waals surface area (Å²) in [5.74, 6) is 0. The van der Waals surface area contributed by atoms with E-state index in [1.807, 2.05) is 0 Å². The molecule has 0 N–H and O–H groups in total. The Bertz CT molecular complexity index is 423. The summed E-state index contributed by atoms with van der Waals surface area (Å²) in [7, 11) is 4.94. The quantitative estimate of drug-likeness (QED) is 0.0464. The van der Waals surface area contributed by atoms with Crippen LogP contribution in [0.15, 0.2) is 0 Å². The molecule has 256 valence electrons. The summed E-state index contributed by atoms with van der Waals surface area (Å²) >= 11 is 0. The van der Waals surface area contributed by atoms with E-state index < -0.39 is 0 Å². The van der Waals surface area contributed by atoms with Crippen molar-refractivity contribution in [2.45, 2.75) is 232 Å². The van der Waals surface area contributed by atoms with Gasteiger partial charge in [0.1, 0.15) is 0 Å². The highest BCUT2D eigenvalue weighted by Crippen LogP contribution is 2.16. The van der Waals surface area contributed by atoms with Crippen LogP contribution in [0.1, 0.15) is 232 Å². The standard InChI is InChI=1S/C40H84N.BrH/c1-5-7-9-11-13-15-17-19-21-23-25-27-29-31-33-35-37-39-41(3,4)40-38-36-34-32-30-28-26-24-22-20-18-16-14-12-10-8-6-2;/h5-40H2,1-4H3;1H/q+1;/p-1. The third-order valence-electron chi connectivity index (χ3n) is 9.73. The van der Waals surface area contributed by atoms with Gasteiger partial charge in [0.05, 0.1) is 27.2 Å². The second-order valence-corrected chi connectivity index (χ2v) is 14.7. The van der Waals surface area contributed by atoms with Crippen molar-refractivity contribution in [3.63, 3.8) is 0 Å². The molecule has 0 rings (SSSR count). The van der Waals surface area contributed by atoms with Crippen molar-refractivity contribution in [3.05, 3.63) is 0 Å². The van der Waals surface area contributed by atoms with E-state index in [9.17, 15) is 0 Å². The van der Waals surface area contributed by atoms with Gasteiger partial charge in [0, 0.05) is 0 Å². The summed E-state index contributed by atoms with van der Waals surface area (Å²) in [6.07, 6.45) is 49.9. The molecule has 0 radical (unpaired) electrons. The van der Waals surface area contributed by atoms with Crippen LogP contribution in [0.2, 0.25) is 0 Å². The molecule has 0 spiro atoms. The number of halogens is 1. The van der Waals surface area contributed by atoms with Crippen molar-refractivity contribution in [1.29, 1.82) is 0 Å². The molecule has 0 fully saturated rings. The molecule has 0 unspecified atom stereocenters. The third kappa shape index (κ3) is 38.5. The summed E-state index contributed by atoms with van der Waals surface area (Å²) in [5.41, 5.74) is 0. The first-order valence-electron chi connectivity index (χ1n) is 19.9. The summed E-state index contributed by atoms with van der Waals surface area (Å²) in [4.78, 5) is 0. The Hall–Kier alpha value is 0.440. The van der Waals surface area contributed by atoms with E-state index in [1.165, 1.54) is 236 Å². The SMILES string of the molecule is CCCCCCCCCCCCCCCCCCC[N+](C)(C)CCCCCCCCCCCCCCCCCCC.[Br-]. The van der Waals surface area contributed by atoms with Gasteiger partial charge in [-0.2, -0.15) is 0 Å². The van der Waals surface area contributed by atoms with Crippen molar-refractivity contribution >= 4 is 0 Å². The van der Waals surface area contributed by atoms with Crippen molar-refractivity contribution in [1.82, 2.24) is 0 Å². The van der Waals surface area contributed by atoms with Gasteiger partial charge in [0.25, 0.3) is 0 Å². The number of rotatable bonds is 36. The molecule has 0 amide bonds. The molecule has 2 heteroatoms. The maximum atomic E-state index is 2.47. The molecule has 0 aromatic heterocycles. The topological polar surface area (TPSA) is 0 Å². The van der Waals surface area contributed by atoms with Gasteiger partial charge in [0.15, 0.2) is 0 Å². The van der Waals surface area contributed by atoms with Gasteiger partial charge in [-0.1, -0.05) is 206 Å². The maximum absolute atomic E-state index is 2.47. The van der Waals surface area contributed by atoms with Crippen LogP contribution in [0, 0.1) is 0 Å². The molecule has 0 aliphatic heterocycles. The summed E-state index contributed by atoms with van der Waals surface area (Å²) in [5, 5.41) is 0. The normalized spacial score (nSPS) is 11.7. The van der Waals surface area contributed by atoms with E-state index in [-0.39, 0.29) is 17.0 Å². The fourth-order valence-electron chi connectivity index (χ4n) is 6.64. The van der Waals surface area contributed by atoms with Crippen molar-refractivity contribution in [2.75, 3.05) is 27.2 Å². The Labute approximate surface area is 279 Å². The number of unbranched alkanes of at least 4 members (excludes halogenated alkanes) is 32. The number of hydrogen-bond acceptors (Lipinski definition) is 0. The van der Waals surface area contributed by atoms with Crippen molar-refractivity contribution in [3.8, 4) is 0 Å². The molecule has 0 atom stereocenters. The van der Waals surface area contributed by atoms with Gasteiger partial charge in [-0.15, -0.1) is 0 Å². The first-order valence-corrected chi connectivity index (χ1v) is 19.9. The predicted octanol–water partition coefficient (Wildman–Crippen LogP) is 11.4. The Kier molecular flexibility index (Phi) is 39.9. The fourth-order valence-corrected chi connectivity index (χ4v) is 6.64. The molecule has 0 aromatic carbocycles. The highest BCUT2D eigenvalue weighted by Gasteiger charge is 2.13. The Morgan fingerprint density at radius 1 is 0.238 bits per heavy atom. The van der Waals surface area contributed by atoms with Crippen LogP contribution in [-0.2, 0) is 0 Å². The van der Waals surface area contributed by atoms with E-state index in [0.717, 1.165) is 0 Å². The van der Waals surface area contributed by atoms with Crippen LogP contribution < -0.4 is 17.0 Å². The Morgan fingerprint density at radius 3 is 0.548 bits per heavy atom. The first-order chi connectivity index (χ1) is 20.1. The average molecular weight is 659 g/mol. The Morgan fingerprint density at radius 2 is 0.381 bits per heavy atom. The minimum Gasteiger partial charge on any atom is -1.00 e. The molecule has 0 aromatic rings. The van der Waals surface area contributed by atoms with Crippen LogP contribution in [-0.4, -0.2) is 31.7 Å². The van der Waals surface area contributed by atoms with E-state index in [1.54, 1.807) is 0 Å². The lowest BCUT2D eigenvalue weighted by Gasteiger charge is -2.30. The third-order valence-corrected chi connectivity index (χ3v) is 9.73. The highest BCUT2D eigenvalue weighted by atomic mass is 79.9. The van der Waals surface area contributed by atoms with Gasteiger partial charge in [-0.3, -0.25) is 0 Å². The fraction of sp³-hybridized carbons (Fsp3) is 1.00. The average Bonchev–Trinajstić information content (AvgIpc) is 2.96. The van der Waals surface area contributed by atoms with E-state index in [4.69, 9.17) is 0 Å². The zero-order chi connectivity index (χ0) is 30.0. The number of nitrogens with zero attached hydrogens (tertiary/aromatic N) is 1. The first kappa shape index (κ1) is 44.6. The van der Waals surface area contributed by atoms with Crippen molar-refractivity contribution < 1.29 is 21.5 Å². The van der Waals surface area contributed by atoms with Crippen molar-refractivity contribution in [2.24, 2.45) is 0 Å². The summed E-state index contributed by atoms with van der Waals surface area (Å²) in [6.45, 7) is 7.39. The lowest BCUT2D eigenvalue weighted by atomic mass is 10.0. The van der Waals surface area contributed by atoms with Gasteiger partial charge in [-0.05, 0) is 25.7 Å². The second-order valence-electron chi connectivity index (χ2n) is 14.7. The molecular formula is C40H84BrN. The molecule has 42 heavy (non-hydrogen) atoms. The zero-order valence-electron chi connectivity index (χ0n) is 30.3. The molecule has 0 saturated heterocycles. The predicted molar refractivity (Wildman–Crippen MR) is 190 cm³/mol. The van der Waals surface area contributed by atoms with E-state index in [2.05, 4.69) is 27.9 Å². The lowest BCUT2D eigenvalue weighted by molar-refractivity contribution is -0.890. The minimum absolute atomic E-state index is 0. The van der Waals surface area contributed by atoms with Gasteiger partial charge in [-0.25, -0.2) is 0 Å². The van der Waals surface area contributed by atoms with E-state index >= 15 is 0 Å². The second kappa shape index (κ2) is 37.6.